The van der Waals surface area contributed by atoms with Gasteiger partial charge in [-0.15, -0.1) is 0 Å². The second-order valence-electron chi connectivity index (χ2n) is 7.73. The van der Waals surface area contributed by atoms with E-state index in [0.29, 0.717) is 18.6 Å². The molecule has 1 aliphatic rings. The number of aliphatic imine (C=N–C) groups is 1. The third kappa shape index (κ3) is 4.50. The number of fused-ring (bicyclic) bond motifs is 1. The summed E-state index contributed by atoms with van der Waals surface area (Å²) in [7, 11) is 1.78. The molecule has 0 saturated heterocycles. The van der Waals surface area contributed by atoms with Crippen molar-refractivity contribution in [1.29, 1.82) is 0 Å². The van der Waals surface area contributed by atoms with E-state index in [0.717, 1.165) is 42.2 Å². The molecule has 4 rings (SSSR count). The van der Waals surface area contributed by atoms with Crippen molar-refractivity contribution in [2.75, 3.05) is 7.05 Å². The van der Waals surface area contributed by atoms with Crippen molar-refractivity contribution in [2.24, 2.45) is 4.99 Å². The van der Waals surface area contributed by atoms with Gasteiger partial charge in [-0.1, -0.05) is 35.5 Å². The summed E-state index contributed by atoms with van der Waals surface area (Å²) in [5.74, 6) is 1.54. The van der Waals surface area contributed by atoms with Crippen LogP contribution in [0.25, 0.3) is 11.3 Å². The molecule has 0 saturated carbocycles. The molecule has 2 aromatic heterocycles. The second-order valence-corrected chi connectivity index (χ2v) is 7.73. The lowest BCUT2D eigenvalue weighted by Gasteiger charge is -2.24. The number of aromatic nitrogens is 3. The van der Waals surface area contributed by atoms with Crippen molar-refractivity contribution >= 4 is 5.96 Å². The predicted octanol–water partition coefficient (Wildman–Crippen LogP) is 3.34. The van der Waals surface area contributed by atoms with Crippen molar-refractivity contribution in [3.63, 3.8) is 0 Å². The fraction of sp³-hybridized carbons (Fsp3) is 0.409. The van der Waals surface area contributed by atoms with Gasteiger partial charge < -0.3 is 15.2 Å². The minimum absolute atomic E-state index is 0.318. The van der Waals surface area contributed by atoms with Gasteiger partial charge >= 0.3 is 0 Å². The number of nitrogens with zero attached hydrogens (tertiary/aromatic N) is 4. The molecule has 0 radical (unpaired) electrons. The molecule has 1 aromatic carbocycles. The van der Waals surface area contributed by atoms with Gasteiger partial charge in [-0.05, 0) is 32.3 Å². The summed E-state index contributed by atoms with van der Waals surface area (Å²) in [6.07, 6.45) is 5.21. The summed E-state index contributed by atoms with van der Waals surface area (Å²) >= 11 is 0. The lowest BCUT2D eigenvalue weighted by atomic mass is 9.94. The molecule has 1 atom stereocenters. The summed E-state index contributed by atoms with van der Waals surface area (Å²) < 4.78 is 7.53. The van der Waals surface area contributed by atoms with E-state index in [-0.39, 0.29) is 0 Å². The van der Waals surface area contributed by atoms with Crippen LogP contribution < -0.4 is 10.6 Å². The van der Waals surface area contributed by atoms with Crippen LogP contribution in [0.3, 0.4) is 0 Å². The van der Waals surface area contributed by atoms with Crippen LogP contribution in [0.15, 0.2) is 52.1 Å². The number of rotatable bonds is 5. The van der Waals surface area contributed by atoms with Crippen LogP contribution in [0.2, 0.25) is 0 Å². The Morgan fingerprint density at radius 3 is 2.90 bits per heavy atom. The summed E-state index contributed by atoms with van der Waals surface area (Å²) in [6, 6.07) is 12.7. The minimum Gasteiger partial charge on any atom is -0.359 e. The minimum atomic E-state index is 0.318. The van der Waals surface area contributed by atoms with Crippen LogP contribution in [0, 0.1) is 0 Å². The van der Waals surface area contributed by atoms with Crippen LogP contribution in [-0.4, -0.2) is 34.0 Å². The highest BCUT2D eigenvalue weighted by Gasteiger charge is 2.23. The second kappa shape index (κ2) is 8.51. The highest BCUT2D eigenvalue weighted by Crippen LogP contribution is 2.22. The summed E-state index contributed by atoms with van der Waals surface area (Å²) in [4.78, 5) is 4.36. The topological polar surface area (TPSA) is 80.3 Å². The standard InChI is InChI=1S/C22H28N6O/c1-15(2)28-14-17-9-10-18(11-20(17)26-28)25-22(23-3)24-13-19-12-21(27-29-19)16-7-5-4-6-8-16/h4-8,12,14-15,18H,9-11,13H2,1-3H3,(H2,23,24,25). The van der Waals surface area contributed by atoms with Crippen LogP contribution >= 0.6 is 0 Å². The SMILES string of the molecule is CN=C(NCc1cc(-c2ccccc2)no1)NC1CCc2cn(C(C)C)nc2C1. The molecule has 0 aliphatic heterocycles. The number of hydrogen-bond acceptors (Lipinski definition) is 4. The van der Waals surface area contributed by atoms with Crippen LogP contribution in [0.4, 0.5) is 0 Å². The van der Waals surface area contributed by atoms with Crippen LogP contribution in [0.1, 0.15) is 43.3 Å². The van der Waals surface area contributed by atoms with Gasteiger partial charge in [0.25, 0.3) is 0 Å². The highest BCUT2D eigenvalue weighted by molar-refractivity contribution is 5.80. The third-order valence-electron chi connectivity index (χ3n) is 5.25. The Bertz CT molecular complexity index is 972. The summed E-state index contributed by atoms with van der Waals surface area (Å²) in [5, 5.41) is 15.8. The normalized spacial score (nSPS) is 16.7. The first-order valence-electron chi connectivity index (χ1n) is 10.2. The van der Waals surface area contributed by atoms with Crippen molar-refractivity contribution < 1.29 is 4.52 Å². The van der Waals surface area contributed by atoms with Crippen LogP contribution in [-0.2, 0) is 19.4 Å². The van der Waals surface area contributed by atoms with Gasteiger partial charge in [0.1, 0.15) is 5.69 Å². The van der Waals surface area contributed by atoms with Crippen molar-refractivity contribution in [3.8, 4) is 11.3 Å². The van der Waals surface area contributed by atoms with E-state index in [2.05, 4.69) is 45.5 Å². The van der Waals surface area contributed by atoms with Crippen LogP contribution in [0.5, 0.6) is 0 Å². The zero-order valence-corrected chi connectivity index (χ0v) is 17.2. The van der Waals surface area contributed by atoms with E-state index in [9.17, 15) is 0 Å². The molecule has 1 aliphatic carbocycles. The predicted molar refractivity (Wildman–Crippen MR) is 114 cm³/mol. The van der Waals surface area contributed by atoms with E-state index in [1.165, 1.54) is 11.3 Å². The fourth-order valence-corrected chi connectivity index (χ4v) is 3.60. The quantitative estimate of drug-likeness (QED) is 0.514. The lowest BCUT2D eigenvalue weighted by Crippen LogP contribution is -2.45. The number of guanidine groups is 1. The molecule has 0 bridgehead atoms. The molecular formula is C22H28N6O. The van der Waals surface area contributed by atoms with Crippen molar-refractivity contribution in [3.05, 3.63) is 59.6 Å². The Kier molecular flexibility index (Phi) is 5.64. The molecular weight excluding hydrogens is 364 g/mol. The molecule has 1 unspecified atom stereocenters. The zero-order chi connectivity index (χ0) is 20.2. The van der Waals surface area contributed by atoms with Gasteiger partial charge in [0.15, 0.2) is 11.7 Å². The molecule has 2 N–H and O–H groups in total. The van der Waals surface area contributed by atoms with Gasteiger partial charge in [0.05, 0.1) is 12.2 Å². The maximum atomic E-state index is 5.47. The fourth-order valence-electron chi connectivity index (χ4n) is 3.60. The van der Waals surface area contributed by atoms with Gasteiger partial charge in [0.2, 0.25) is 0 Å². The average molecular weight is 393 g/mol. The molecule has 0 amide bonds. The molecule has 0 fully saturated rings. The Balaban J connectivity index is 1.33. The average Bonchev–Trinajstić information content (AvgIpc) is 3.38. The number of hydrogen-bond donors (Lipinski definition) is 2. The number of aryl methyl sites for hydroxylation is 1. The van der Waals surface area contributed by atoms with E-state index in [4.69, 9.17) is 9.62 Å². The molecule has 2 heterocycles. The Morgan fingerprint density at radius 2 is 2.14 bits per heavy atom. The van der Waals surface area contributed by atoms with Gasteiger partial charge in [-0.2, -0.15) is 5.10 Å². The Morgan fingerprint density at radius 1 is 1.31 bits per heavy atom. The maximum absolute atomic E-state index is 5.47. The van der Waals surface area contributed by atoms with E-state index in [1.807, 2.05) is 36.4 Å². The summed E-state index contributed by atoms with van der Waals surface area (Å²) in [6.45, 7) is 4.85. The zero-order valence-electron chi connectivity index (χ0n) is 17.2. The first-order chi connectivity index (χ1) is 14.1. The largest absolute Gasteiger partial charge is 0.359 e. The molecule has 0 spiro atoms. The van der Waals surface area contributed by atoms with Gasteiger partial charge in [-0.3, -0.25) is 9.67 Å². The lowest BCUT2D eigenvalue weighted by molar-refractivity contribution is 0.381. The van der Waals surface area contributed by atoms with Gasteiger partial charge in [-0.25, -0.2) is 0 Å². The smallest absolute Gasteiger partial charge is 0.191 e. The first kappa shape index (κ1) is 19.2. The van der Waals surface area contributed by atoms with Gasteiger partial charge in [0, 0.05) is 43.4 Å². The van der Waals surface area contributed by atoms with E-state index in [1.54, 1.807) is 7.05 Å². The molecule has 7 nitrogen and oxygen atoms in total. The molecule has 152 valence electrons. The molecule has 7 heteroatoms. The monoisotopic (exact) mass is 392 g/mol. The summed E-state index contributed by atoms with van der Waals surface area (Å²) in [5.41, 5.74) is 4.45. The first-order valence-corrected chi connectivity index (χ1v) is 10.2. The maximum Gasteiger partial charge on any atom is 0.191 e. The molecule has 29 heavy (non-hydrogen) atoms. The van der Waals surface area contributed by atoms with E-state index < -0.39 is 0 Å². The van der Waals surface area contributed by atoms with Crippen molar-refractivity contribution in [1.82, 2.24) is 25.6 Å². The number of nitrogens with one attached hydrogen (secondary N) is 2. The highest BCUT2D eigenvalue weighted by atomic mass is 16.5. The molecule has 3 aromatic rings. The Hall–Kier alpha value is -3.09. The van der Waals surface area contributed by atoms with Crippen molar-refractivity contribution in [2.45, 2.75) is 51.7 Å². The van der Waals surface area contributed by atoms with E-state index >= 15 is 0 Å². The number of benzene rings is 1. The Labute approximate surface area is 171 Å². The third-order valence-corrected chi connectivity index (χ3v) is 5.25.